The molecule has 0 unspecified atom stereocenters. The van der Waals surface area contributed by atoms with Crippen LogP contribution in [0.1, 0.15) is 12.5 Å². The molecule has 22 heavy (non-hydrogen) atoms. The fourth-order valence-electron chi connectivity index (χ4n) is 2.50. The van der Waals surface area contributed by atoms with Crippen LogP contribution in [0, 0.1) is 0 Å². The van der Waals surface area contributed by atoms with Crippen molar-refractivity contribution in [1.82, 2.24) is 9.97 Å². The summed E-state index contributed by atoms with van der Waals surface area (Å²) in [6.07, 6.45) is 0.594. The van der Waals surface area contributed by atoms with Crippen LogP contribution in [0.3, 0.4) is 0 Å². The summed E-state index contributed by atoms with van der Waals surface area (Å²) in [5, 5.41) is 10.6. The minimum absolute atomic E-state index is 0.211. The van der Waals surface area contributed by atoms with E-state index in [9.17, 15) is 5.11 Å². The SMILES string of the molecule is C=C(C)Cc1cc(OC)cc(-c2nc3ccccc3[nH]2)c1O. The van der Waals surface area contributed by atoms with E-state index in [2.05, 4.69) is 16.5 Å². The smallest absolute Gasteiger partial charge is 0.142 e. The number of fused-ring (bicyclic) bond motifs is 1. The summed E-state index contributed by atoms with van der Waals surface area (Å²) < 4.78 is 5.35. The molecule has 0 fully saturated rings. The van der Waals surface area contributed by atoms with E-state index in [1.807, 2.05) is 37.3 Å². The number of nitrogens with one attached hydrogen (secondary N) is 1. The molecule has 3 aromatic rings. The van der Waals surface area contributed by atoms with Crippen molar-refractivity contribution in [2.24, 2.45) is 0 Å². The van der Waals surface area contributed by atoms with Gasteiger partial charge in [-0.3, -0.25) is 0 Å². The Balaban J connectivity index is 2.17. The lowest BCUT2D eigenvalue weighted by Crippen LogP contribution is -1.93. The number of H-pyrrole nitrogens is 1. The molecule has 0 aliphatic carbocycles. The highest BCUT2D eigenvalue weighted by atomic mass is 16.5. The van der Waals surface area contributed by atoms with E-state index >= 15 is 0 Å². The number of para-hydroxylation sites is 2. The highest BCUT2D eigenvalue weighted by Gasteiger charge is 2.15. The van der Waals surface area contributed by atoms with Crippen LogP contribution in [0.25, 0.3) is 22.4 Å². The zero-order valence-electron chi connectivity index (χ0n) is 12.7. The Kier molecular flexibility index (Phi) is 3.59. The monoisotopic (exact) mass is 294 g/mol. The van der Waals surface area contributed by atoms with Crippen LogP contribution >= 0.6 is 0 Å². The van der Waals surface area contributed by atoms with Gasteiger partial charge in [-0.25, -0.2) is 4.98 Å². The summed E-state index contributed by atoms with van der Waals surface area (Å²) >= 11 is 0. The van der Waals surface area contributed by atoms with Crippen LogP contribution < -0.4 is 4.74 Å². The Labute approximate surface area is 129 Å². The van der Waals surface area contributed by atoms with Crippen LogP contribution in [-0.4, -0.2) is 22.2 Å². The first kappa shape index (κ1) is 14.2. The number of allylic oxidation sites excluding steroid dienone is 1. The molecule has 1 heterocycles. The topological polar surface area (TPSA) is 58.1 Å². The van der Waals surface area contributed by atoms with Gasteiger partial charge in [0.25, 0.3) is 0 Å². The highest BCUT2D eigenvalue weighted by Crippen LogP contribution is 2.36. The lowest BCUT2D eigenvalue weighted by Gasteiger charge is -2.11. The third-order valence-electron chi connectivity index (χ3n) is 3.53. The molecule has 0 spiro atoms. The molecule has 112 valence electrons. The predicted octanol–water partition coefficient (Wildman–Crippen LogP) is 4.06. The number of phenols is 1. The number of aromatic hydroxyl groups is 1. The van der Waals surface area contributed by atoms with E-state index in [-0.39, 0.29) is 5.75 Å². The van der Waals surface area contributed by atoms with Crippen molar-refractivity contribution in [1.29, 1.82) is 0 Å². The average molecular weight is 294 g/mol. The van der Waals surface area contributed by atoms with E-state index in [0.29, 0.717) is 23.6 Å². The van der Waals surface area contributed by atoms with Gasteiger partial charge in [-0.15, -0.1) is 0 Å². The van der Waals surface area contributed by atoms with Gasteiger partial charge in [-0.05, 0) is 37.6 Å². The van der Waals surface area contributed by atoms with Gasteiger partial charge in [-0.1, -0.05) is 24.3 Å². The number of rotatable bonds is 4. The van der Waals surface area contributed by atoms with E-state index in [0.717, 1.165) is 22.2 Å². The molecule has 0 saturated carbocycles. The molecule has 0 aliphatic rings. The third kappa shape index (κ3) is 2.55. The number of phenolic OH excluding ortho intramolecular Hbond substituents is 1. The van der Waals surface area contributed by atoms with Crippen LogP contribution in [-0.2, 0) is 6.42 Å². The lowest BCUT2D eigenvalue weighted by molar-refractivity contribution is 0.411. The van der Waals surface area contributed by atoms with E-state index < -0.39 is 0 Å². The number of aromatic amines is 1. The quantitative estimate of drug-likeness (QED) is 0.713. The van der Waals surface area contributed by atoms with Gasteiger partial charge in [0.2, 0.25) is 0 Å². The molecule has 0 saturated heterocycles. The fraction of sp³-hybridized carbons (Fsp3) is 0.167. The summed E-state index contributed by atoms with van der Waals surface area (Å²) in [6.45, 7) is 5.84. The molecule has 4 heteroatoms. The van der Waals surface area contributed by atoms with Crippen LogP contribution in [0.2, 0.25) is 0 Å². The van der Waals surface area contributed by atoms with Crippen molar-refractivity contribution in [3.63, 3.8) is 0 Å². The van der Waals surface area contributed by atoms with Crippen molar-refractivity contribution < 1.29 is 9.84 Å². The Morgan fingerprint density at radius 3 is 2.77 bits per heavy atom. The zero-order valence-corrected chi connectivity index (χ0v) is 12.7. The maximum Gasteiger partial charge on any atom is 0.142 e. The van der Waals surface area contributed by atoms with Gasteiger partial charge in [0.1, 0.15) is 17.3 Å². The number of hydrogen-bond acceptors (Lipinski definition) is 3. The summed E-state index contributed by atoms with van der Waals surface area (Å²) in [5.41, 5.74) is 4.18. The molecule has 0 amide bonds. The summed E-state index contributed by atoms with van der Waals surface area (Å²) in [6, 6.07) is 11.4. The Hall–Kier alpha value is -2.75. The van der Waals surface area contributed by atoms with Gasteiger partial charge in [0, 0.05) is 5.56 Å². The molecule has 3 rings (SSSR count). The minimum Gasteiger partial charge on any atom is -0.507 e. The van der Waals surface area contributed by atoms with Crippen LogP contribution in [0.5, 0.6) is 11.5 Å². The molecule has 0 radical (unpaired) electrons. The second kappa shape index (κ2) is 5.56. The van der Waals surface area contributed by atoms with E-state index in [1.165, 1.54) is 0 Å². The number of nitrogens with zero attached hydrogens (tertiary/aromatic N) is 1. The van der Waals surface area contributed by atoms with Crippen molar-refractivity contribution in [2.75, 3.05) is 7.11 Å². The maximum absolute atomic E-state index is 10.6. The Morgan fingerprint density at radius 1 is 1.32 bits per heavy atom. The second-order valence-corrected chi connectivity index (χ2v) is 5.42. The lowest BCUT2D eigenvalue weighted by atomic mass is 10.0. The van der Waals surface area contributed by atoms with Gasteiger partial charge >= 0.3 is 0 Å². The summed E-state index contributed by atoms with van der Waals surface area (Å²) in [4.78, 5) is 7.78. The molecule has 2 aromatic carbocycles. The Morgan fingerprint density at radius 2 is 2.09 bits per heavy atom. The molecular weight excluding hydrogens is 276 g/mol. The second-order valence-electron chi connectivity index (χ2n) is 5.42. The predicted molar refractivity (Wildman–Crippen MR) is 88.3 cm³/mol. The first-order chi connectivity index (χ1) is 10.6. The maximum atomic E-state index is 10.6. The standard InChI is InChI=1S/C18H18N2O2/c1-11(2)8-12-9-13(22-3)10-14(17(12)21)18-19-15-6-4-5-7-16(15)20-18/h4-7,9-10,21H,1,8H2,2-3H3,(H,19,20). The molecular formula is C18H18N2O2. The van der Waals surface area contributed by atoms with Gasteiger partial charge in [-0.2, -0.15) is 0 Å². The van der Waals surface area contributed by atoms with Gasteiger partial charge < -0.3 is 14.8 Å². The number of hydrogen-bond donors (Lipinski definition) is 2. The first-order valence-corrected chi connectivity index (χ1v) is 7.08. The molecule has 1 aromatic heterocycles. The van der Waals surface area contributed by atoms with Gasteiger partial charge in [0.15, 0.2) is 0 Å². The van der Waals surface area contributed by atoms with Crippen molar-refractivity contribution in [3.05, 3.63) is 54.1 Å². The zero-order chi connectivity index (χ0) is 15.7. The number of aromatic nitrogens is 2. The van der Waals surface area contributed by atoms with Crippen LogP contribution in [0.4, 0.5) is 0 Å². The van der Waals surface area contributed by atoms with Crippen LogP contribution in [0.15, 0.2) is 48.6 Å². The number of ether oxygens (including phenoxy) is 1. The van der Waals surface area contributed by atoms with E-state index in [4.69, 9.17) is 4.74 Å². The molecule has 2 N–H and O–H groups in total. The third-order valence-corrected chi connectivity index (χ3v) is 3.53. The van der Waals surface area contributed by atoms with Crippen molar-refractivity contribution in [2.45, 2.75) is 13.3 Å². The average Bonchev–Trinajstić information content (AvgIpc) is 2.92. The highest BCUT2D eigenvalue weighted by molar-refractivity contribution is 5.81. The minimum atomic E-state index is 0.211. The molecule has 0 atom stereocenters. The molecule has 0 bridgehead atoms. The molecule has 4 nitrogen and oxygen atoms in total. The molecule has 0 aliphatic heterocycles. The largest absolute Gasteiger partial charge is 0.507 e. The summed E-state index contributed by atoms with van der Waals surface area (Å²) in [7, 11) is 1.61. The fourth-order valence-corrected chi connectivity index (χ4v) is 2.50. The van der Waals surface area contributed by atoms with E-state index in [1.54, 1.807) is 13.2 Å². The summed E-state index contributed by atoms with van der Waals surface area (Å²) in [5.74, 6) is 1.52. The number of imidazole rings is 1. The van der Waals surface area contributed by atoms with Gasteiger partial charge in [0.05, 0.1) is 23.7 Å². The Bertz CT molecular complexity index is 816. The van der Waals surface area contributed by atoms with Crippen molar-refractivity contribution in [3.8, 4) is 22.9 Å². The normalized spacial score (nSPS) is 10.8. The first-order valence-electron chi connectivity index (χ1n) is 7.08. The number of methoxy groups -OCH3 is 1. The number of benzene rings is 2. The van der Waals surface area contributed by atoms with Crippen molar-refractivity contribution >= 4 is 11.0 Å².